The minimum atomic E-state index is -0.558. The maximum absolute atomic E-state index is 13.2. The maximum atomic E-state index is 13.2. The first kappa shape index (κ1) is 25.6. The number of aliphatic hydroxyl groups is 1. The highest BCUT2D eigenvalue weighted by Crippen LogP contribution is 2.40. The molecule has 1 aliphatic rings. The van der Waals surface area contributed by atoms with Gasteiger partial charge in [0.25, 0.3) is 5.91 Å². The van der Waals surface area contributed by atoms with Crippen molar-refractivity contribution in [1.29, 1.82) is 0 Å². The Hall–Kier alpha value is -3.04. The Kier molecular flexibility index (Phi) is 8.00. The molecule has 2 aromatic carbocycles. The summed E-state index contributed by atoms with van der Waals surface area (Å²) in [6.07, 6.45) is 2.72. The molecule has 1 amide bonds. The van der Waals surface area contributed by atoms with Gasteiger partial charge in [-0.05, 0) is 97.1 Å². The van der Waals surface area contributed by atoms with Gasteiger partial charge in [-0.15, -0.1) is 11.3 Å². The Labute approximate surface area is 224 Å². The Balaban J connectivity index is 1.35. The Bertz CT molecular complexity index is 1380. The molecular formula is C29H30N2O4S2. The lowest BCUT2D eigenvalue weighted by Crippen LogP contribution is -2.37. The lowest BCUT2D eigenvalue weighted by atomic mass is 9.81. The summed E-state index contributed by atoms with van der Waals surface area (Å²) in [4.78, 5) is 18.0. The van der Waals surface area contributed by atoms with Gasteiger partial charge in [-0.1, -0.05) is 6.07 Å². The van der Waals surface area contributed by atoms with Crippen molar-refractivity contribution in [3.05, 3.63) is 82.3 Å². The van der Waals surface area contributed by atoms with Gasteiger partial charge < -0.3 is 19.9 Å². The molecule has 0 unspecified atom stereocenters. The molecular weight excluding hydrogens is 504 g/mol. The molecule has 0 fully saturated rings. The van der Waals surface area contributed by atoms with Crippen LogP contribution in [0.5, 0.6) is 0 Å². The number of rotatable bonds is 9. The number of aromatic nitrogens is 1. The van der Waals surface area contributed by atoms with Gasteiger partial charge in [0.1, 0.15) is 5.01 Å². The molecule has 192 valence electrons. The van der Waals surface area contributed by atoms with Crippen LogP contribution in [-0.4, -0.2) is 35.5 Å². The van der Waals surface area contributed by atoms with Crippen LogP contribution in [0.2, 0.25) is 0 Å². The fraction of sp³-hybridized carbons (Fsp3) is 0.310. The molecule has 0 spiro atoms. The van der Waals surface area contributed by atoms with E-state index in [0.717, 1.165) is 32.8 Å². The number of hydrogen-bond acceptors (Lipinski definition) is 7. The van der Waals surface area contributed by atoms with Crippen molar-refractivity contribution in [3.8, 4) is 10.6 Å². The van der Waals surface area contributed by atoms with E-state index in [1.807, 2.05) is 48.7 Å². The van der Waals surface area contributed by atoms with Gasteiger partial charge >= 0.3 is 0 Å². The van der Waals surface area contributed by atoms with Crippen LogP contribution in [0.3, 0.4) is 0 Å². The maximum Gasteiger partial charge on any atom is 0.290 e. The van der Waals surface area contributed by atoms with Crippen LogP contribution in [0.4, 0.5) is 5.69 Å². The second-order valence-electron chi connectivity index (χ2n) is 9.11. The molecule has 0 saturated carbocycles. The highest BCUT2D eigenvalue weighted by Gasteiger charge is 2.38. The number of thiazole rings is 1. The summed E-state index contributed by atoms with van der Waals surface area (Å²) in [6, 6.07) is 16.0. The summed E-state index contributed by atoms with van der Waals surface area (Å²) in [5, 5.41) is 17.5. The average molecular weight is 535 g/mol. The van der Waals surface area contributed by atoms with Crippen molar-refractivity contribution in [3.63, 3.8) is 0 Å². The van der Waals surface area contributed by atoms with E-state index in [0.29, 0.717) is 18.7 Å². The second kappa shape index (κ2) is 11.6. The first-order valence-electron chi connectivity index (χ1n) is 12.5. The summed E-state index contributed by atoms with van der Waals surface area (Å²) in [5.41, 5.74) is 5.02. The van der Waals surface area contributed by atoms with Crippen molar-refractivity contribution in [2.45, 2.75) is 38.9 Å². The summed E-state index contributed by atoms with van der Waals surface area (Å²) < 4.78 is 13.2. The Morgan fingerprint density at radius 1 is 1.19 bits per heavy atom. The zero-order valence-corrected chi connectivity index (χ0v) is 22.5. The lowest BCUT2D eigenvalue weighted by Gasteiger charge is -2.36. The largest absolute Gasteiger partial charge is 0.459 e. The third kappa shape index (κ3) is 5.78. The molecule has 0 aliphatic carbocycles. The number of fused-ring (bicyclic) bond motifs is 1. The van der Waals surface area contributed by atoms with E-state index >= 15 is 0 Å². The first-order valence-corrected chi connectivity index (χ1v) is 14.2. The smallest absolute Gasteiger partial charge is 0.290 e. The summed E-state index contributed by atoms with van der Waals surface area (Å²) in [5.74, 6) is -0.0849. The minimum Gasteiger partial charge on any atom is -0.459 e. The average Bonchev–Trinajstić information content (AvgIpc) is 3.58. The molecule has 2 N–H and O–H groups in total. The minimum absolute atomic E-state index is 0.00938. The van der Waals surface area contributed by atoms with E-state index in [-0.39, 0.29) is 30.1 Å². The quantitative estimate of drug-likeness (QED) is 0.249. The van der Waals surface area contributed by atoms with Crippen molar-refractivity contribution in [2.75, 3.05) is 18.5 Å². The predicted octanol–water partition coefficient (Wildman–Crippen LogP) is 6.72. The summed E-state index contributed by atoms with van der Waals surface area (Å²) in [6.45, 7) is 4.57. The van der Waals surface area contributed by atoms with Gasteiger partial charge in [-0.25, -0.2) is 4.98 Å². The second-order valence-corrected chi connectivity index (χ2v) is 10.9. The van der Waals surface area contributed by atoms with Crippen LogP contribution in [0.15, 0.2) is 71.1 Å². The van der Waals surface area contributed by atoms with E-state index in [4.69, 9.17) is 14.5 Å². The number of hydrogen-bond donors (Lipinski definition) is 2. The number of thiophene rings is 1. The number of amides is 1. The highest BCUT2D eigenvalue weighted by atomic mass is 32.1. The summed E-state index contributed by atoms with van der Waals surface area (Å²) >= 11 is 3.28. The molecule has 3 heterocycles. The molecule has 0 bridgehead atoms. The van der Waals surface area contributed by atoms with Gasteiger partial charge in [0, 0.05) is 36.3 Å². The first-order chi connectivity index (χ1) is 18.1. The van der Waals surface area contributed by atoms with Crippen LogP contribution in [0.25, 0.3) is 20.8 Å². The molecule has 3 atom stereocenters. The molecule has 6 nitrogen and oxygen atoms in total. The van der Waals surface area contributed by atoms with Crippen molar-refractivity contribution >= 4 is 44.5 Å². The van der Waals surface area contributed by atoms with Crippen LogP contribution in [0, 0.1) is 12.8 Å². The fourth-order valence-electron chi connectivity index (χ4n) is 4.65. The number of ether oxygens (including phenoxy) is 2. The van der Waals surface area contributed by atoms with Crippen molar-refractivity contribution < 1.29 is 19.4 Å². The number of carbonyl (C=O) groups excluding carboxylic acids is 1. The SMILES string of the molecule is CCO[C@H]1OC(C(=O)Nc2ccc(-c3nc4ccc(C)cc4s3)cc2)=C[C@@H](c2ccsc2)[C@@H]1CCCO. The van der Waals surface area contributed by atoms with E-state index in [2.05, 4.69) is 35.8 Å². The van der Waals surface area contributed by atoms with E-state index in [1.165, 1.54) is 5.56 Å². The summed E-state index contributed by atoms with van der Waals surface area (Å²) in [7, 11) is 0. The van der Waals surface area contributed by atoms with Gasteiger partial charge in [0.05, 0.1) is 10.2 Å². The molecule has 5 rings (SSSR count). The predicted molar refractivity (Wildman–Crippen MR) is 150 cm³/mol. The fourth-order valence-corrected chi connectivity index (χ4v) is 6.43. The van der Waals surface area contributed by atoms with Gasteiger partial charge in [0.15, 0.2) is 5.76 Å². The number of aryl methyl sites for hydroxylation is 1. The van der Waals surface area contributed by atoms with E-state index in [1.54, 1.807) is 22.7 Å². The third-order valence-electron chi connectivity index (χ3n) is 6.50. The Morgan fingerprint density at radius 2 is 2.03 bits per heavy atom. The van der Waals surface area contributed by atoms with Crippen LogP contribution in [0.1, 0.15) is 36.8 Å². The zero-order valence-electron chi connectivity index (χ0n) is 20.8. The van der Waals surface area contributed by atoms with Crippen LogP contribution in [-0.2, 0) is 14.3 Å². The van der Waals surface area contributed by atoms with Crippen molar-refractivity contribution in [2.24, 2.45) is 5.92 Å². The molecule has 4 aromatic rings. The molecule has 8 heteroatoms. The number of benzene rings is 2. The monoisotopic (exact) mass is 534 g/mol. The number of aliphatic hydroxyl groups excluding tert-OH is 1. The highest BCUT2D eigenvalue weighted by molar-refractivity contribution is 7.21. The van der Waals surface area contributed by atoms with Gasteiger partial charge in [-0.2, -0.15) is 11.3 Å². The topological polar surface area (TPSA) is 80.7 Å². The van der Waals surface area contributed by atoms with Gasteiger partial charge in [-0.3, -0.25) is 4.79 Å². The molecule has 1 aliphatic heterocycles. The standard InChI is InChI=1S/C29H30N2O4S2/c1-3-34-29-22(5-4-13-32)23(20-12-14-36-17-20)16-25(35-29)27(33)30-21-9-7-19(8-10-21)28-31-24-11-6-18(2)15-26(24)37-28/h6-12,14-17,22-23,29,32H,3-5,13H2,1-2H3,(H,30,33)/t22-,23-,29-/m0/s1. The molecule has 37 heavy (non-hydrogen) atoms. The lowest BCUT2D eigenvalue weighted by molar-refractivity contribution is -0.164. The van der Waals surface area contributed by atoms with E-state index in [9.17, 15) is 9.90 Å². The van der Waals surface area contributed by atoms with Crippen LogP contribution < -0.4 is 5.32 Å². The molecule has 0 radical (unpaired) electrons. The molecule has 0 saturated heterocycles. The van der Waals surface area contributed by atoms with Crippen LogP contribution >= 0.6 is 22.7 Å². The zero-order chi connectivity index (χ0) is 25.8. The molecule has 2 aromatic heterocycles. The van der Waals surface area contributed by atoms with Crippen molar-refractivity contribution in [1.82, 2.24) is 4.98 Å². The van der Waals surface area contributed by atoms with E-state index < -0.39 is 6.29 Å². The number of nitrogens with one attached hydrogen (secondary N) is 1. The normalized spacial score (nSPS) is 19.4. The number of allylic oxidation sites excluding steroid dienone is 1. The third-order valence-corrected chi connectivity index (χ3v) is 8.27. The number of anilines is 1. The number of carbonyl (C=O) groups is 1. The van der Waals surface area contributed by atoms with Gasteiger partial charge in [0.2, 0.25) is 6.29 Å². The Morgan fingerprint density at radius 3 is 2.76 bits per heavy atom. The number of nitrogens with zero attached hydrogens (tertiary/aromatic N) is 1.